The van der Waals surface area contributed by atoms with Gasteiger partial charge in [0.1, 0.15) is 0 Å². The molecule has 4 N–H and O–H groups in total. The Morgan fingerprint density at radius 3 is 2.94 bits per heavy atom. The van der Waals surface area contributed by atoms with Crippen LogP contribution in [-0.2, 0) is 9.53 Å². The first-order valence-corrected chi connectivity index (χ1v) is 5.78. The molecule has 1 atom stereocenters. The summed E-state index contributed by atoms with van der Waals surface area (Å²) in [5, 5.41) is 9.49. The Hall–Kier alpha value is -1.40. The molecule has 1 unspecified atom stereocenters. The van der Waals surface area contributed by atoms with Crippen molar-refractivity contribution in [2.24, 2.45) is 5.73 Å². The quantitative estimate of drug-likeness (QED) is 0.696. The number of hydrogen-bond acceptors (Lipinski definition) is 4. The van der Waals surface area contributed by atoms with Gasteiger partial charge in [-0.25, -0.2) is 0 Å². The topological polar surface area (TPSA) is 93.0 Å². The zero-order valence-electron chi connectivity index (χ0n) is 9.90. The lowest BCUT2D eigenvalue weighted by Gasteiger charge is -2.32. The molecule has 2 heterocycles. The van der Waals surface area contributed by atoms with Crippen molar-refractivity contribution in [2.75, 3.05) is 13.2 Å². The molecule has 1 aliphatic heterocycles. The molecule has 0 spiro atoms. The van der Waals surface area contributed by atoms with E-state index in [0.717, 1.165) is 5.56 Å². The van der Waals surface area contributed by atoms with Crippen molar-refractivity contribution in [1.29, 1.82) is 0 Å². The van der Waals surface area contributed by atoms with Gasteiger partial charge in [-0.1, -0.05) is 0 Å². The Morgan fingerprint density at radius 1 is 1.65 bits per heavy atom. The summed E-state index contributed by atoms with van der Waals surface area (Å²) in [6.45, 7) is 3.00. The number of ether oxygens (including phenoxy) is 1. The van der Waals surface area contributed by atoms with Crippen LogP contribution < -0.4 is 11.1 Å². The number of nitrogens with zero attached hydrogens (tertiary/aromatic N) is 1. The Kier molecular flexibility index (Phi) is 3.44. The van der Waals surface area contributed by atoms with Gasteiger partial charge in [0.25, 0.3) is 0 Å². The molecule has 17 heavy (non-hydrogen) atoms. The van der Waals surface area contributed by atoms with Crippen molar-refractivity contribution in [3.8, 4) is 0 Å². The van der Waals surface area contributed by atoms with E-state index in [4.69, 9.17) is 10.5 Å². The van der Waals surface area contributed by atoms with E-state index < -0.39 is 5.54 Å². The highest BCUT2D eigenvalue weighted by Gasteiger charge is 2.36. The SMILES string of the molecule is CC(NC(=O)C1(N)CCOCC1)c1cn[nH]c1. The fourth-order valence-corrected chi connectivity index (χ4v) is 1.88. The van der Waals surface area contributed by atoms with E-state index in [-0.39, 0.29) is 11.9 Å². The number of carbonyl (C=O) groups is 1. The largest absolute Gasteiger partial charge is 0.381 e. The number of amides is 1. The molecule has 1 fully saturated rings. The minimum absolute atomic E-state index is 0.0930. The van der Waals surface area contributed by atoms with E-state index in [1.165, 1.54) is 0 Å². The fraction of sp³-hybridized carbons (Fsp3) is 0.636. The van der Waals surface area contributed by atoms with Gasteiger partial charge in [0, 0.05) is 25.0 Å². The maximum absolute atomic E-state index is 12.1. The van der Waals surface area contributed by atoms with Crippen LogP contribution in [0.2, 0.25) is 0 Å². The maximum atomic E-state index is 12.1. The van der Waals surface area contributed by atoms with Crippen molar-refractivity contribution in [2.45, 2.75) is 31.3 Å². The first-order valence-electron chi connectivity index (χ1n) is 5.78. The Labute approximate surface area is 99.9 Å². The van der Waals surface area contributed by atoms with Crippen LogP contribution in [0.1, 0.15) is 31.4 Å². The average Bonchev–Trinajstić information content (AvgIpc) is 2.83. The van der Waals surface area contributed by atoms with Crippen LogP contribution in [0.5, 0.6) is 0 Å². The van der Waals surface area contributed by atoms with Gasteiger partial charge < -0.3 is 15.8 Å². The number of nitrogens with one attached hydrogen (secondary N) is 2. The molecule has 0 bridgehead atoms. The predicted octanol–water partition coefficient (Wildman–Crippen LogP) is 0.0948. The molecule has 0 radical (unpaired) electrons. The van der Waals surface area contributed by atoms with E-state index in [1.807, 2.05) is 6.92 Å². The third-order valence-corrected chi connectivity index (χ3v) is 3.20. The van der Waals surface area contributed by atoms with E-state index in [1.54, 1.807) is 12.4 Å². The molecule has 1 amide bonds. The highest BCUT2D eigenvalue weighted by Crippen LogP contribution is 2.19. The summed E-state index contributed by atoms with van der Waals surface area (Å²) >= 11 is 0. The lowest BCUT2D eigenvalue weighted by Crippen LogP contribution is -2.57. The molecule has 0 saturated carbocycles. The van der Waals surface area contributed by atoms with Gasteiger partial charge in [0.15, 0.2) is 0 Å². The van der Waals surface area contributed by atoms with Gasteiger partial charge in [-0.15, -0.1) is 0 Å². The summed E-state index contributed by atoms with van der Waals surface area (Å²) in [6.07, 6.45) is 4.59. The van der Waals surface area contributed by atoms with Crippen molar-refractivity contribution < 1.29 is 9.53 Å². The molecule has 1 saturated heterocycles. The van der Waals surface area contributed by atoms with E-state index in [0.29, 0.717) is 26.1 Å². The molecule has 1 aromatic heterocycles. The molecule has 6 nitrogen and oxygen atoms in total. The first kappa shape index (κ1) is 12.1. The lowest BCUT2D eigenvalue weighted by molar-refractivity contribution is -0.130. The molecule has 6 heteroatoms. The lowest BCUT2D eigenvalue weighted by atomic mass is 9.90. The second-order valence-corrected chi connectivity index (χ2v) is 4.50. The summed E-state index contributed by atoms with van der Waals surface area (Å²) in [7, 11) is 0. The Morgan fingerprint density at radius 2 is 2.35 bits per heavy atom. The van der Waals surface area contributed by atoms with Crippen molar-refractivity contribution in [1.82, 2.24) is 15.5 Å². The van der Waals surface area contributed by atoms with Gasteiger partial charge in [0.2, 0.25) is 5.91 Å². The monoisotopic (exact) mass is 238 g/mol. The molecular weight excluding hydrogens is 220 g/mol. The van der Waals surface area contributed by atoms with Gasteiger partial charge in [-0.2, -0.15) is 5.10 Å². The number of carbonyl (C=O) groups excluding carboxylic acids is 1. The highest BCUT2D eigenvalue weighted by atomic mass is 16.5. The van der Waals surface area contributed by atoms with E-state index in [9.17, 15) is 4.79 Å². The molecule has 2 rings (SSSR count). The van der Waals surface area contributed by atoms with Crippen LogP contribution in [0.4, 0.5) is 0 Å². The minimum Gasteiger partial charge on any atom is -0.381 e. The normalized spacial score (nSPS) is 20.8. The summed E-state index contributed by atoms with van der Waals surface area (Å²) in [6, 6.07) is -0.0930. The van der Waals surface area contributed by atoms with Crippen molar-refractivity contribution in [3.05, 3.63) is 18.0 Å². The van der Waals surface area contributed by atoms with Crippen LogP contribution in [-0.4, -0.2) is 34.9 Å². The highest BCUT2D eigenvalue weighted by molar-refractivity contribution is 5.86. The van der Waals surface area contributed by atoms with Crippen LogP contribution >= 0.6 is 0 Å². The molecule has 1 aliphatic rings. The van der Waals surface area contributed by atoms with E-state index in [2.05, 4.69) is 15.5 Å². The van der Waals surface area contributed by atoms with Crippen molar-refractivity contribution >= 4 is 5.91 Å². The maximum Gasteiger partial charge on any atom is 0.240 e. The van der Waals surface area contributed by atoms with Crippen molar-refractivity contribution in [3.63, 3.8) is 0 Å². The molecule has 0 aliphatic carbocycles. The van der Waals surface area contributed by atoms with Crippen LogP contribution in [0.25, 0.3) is 0 Å². The Balaban J connectivity index is 1.96. The predicted molar refractivity (Wildman–Crippen MR) is 62.1 cm³/mol. The standard InChI is InChI=1S/C11H18N4O2/c1-8(9-6-13-14-7-9)15-10(16)11(12)2-4-17-5-3-11/h6-8H,2-5,12H2,1H3,(H,13,14)(H,15,16). The molecule has 1 aromatic rings. The number of nitrogens with two attached hydrogens (primary N) is 1. The number of aromatic amines is 1. The zero-order chi connectivity index (χ0) is 12.3. The number of hydrogen-bond donors (Lipinski definition) is 3. The number of H-pyrrole nitrogens is 1. The number of aromatic nitrogens is 2. The first-order chi connectivity index (χ1) is 8.12. The minimum atomic E-state index is -0.795. The third-order valence-electron chi connectivity index (χ3n) is 3.20. The summed E-state index contributed by atoms with van der Waals surface area (Å²) in [5.41, 5.74) is 6.23. The summed E-state index contributed by atoms with van der Waals surface area (Å²) < 4.78 is 5.22. The van der Waals surface area contributed by atoms with Crippen LogP contribution in [0.15, 0.2) is 12.4 Å². The zero-order valence-corrected chi connectivity index (χ0v) is 9.90. The second-order valence-electron chi connectivity index (χ2n) is 4.50. The van der Waals surface area contributed by atoms with E-state index >= 15 is 0 Å². The smallest absolute Gasteiger partial charge is 0.240 e. The van der Waals surface area contributed by atoms with Gasteiger partial charge >= 0.3 is 0 Å². The van der Waals surface area contributed by atoms with Gasteiger partial charge in [0.05, 0.1) is 17.8 Å². The van der Waals surface area contributed by atoms with Crippen LogP contribution in [0.3, 0.4) is 0 Å². The molecule has 94 valence electrons. The third kappa shape index (κ3) is 2.65. The Bertz CT molecular complexity index is 371. The molecular formula is C11H18N4O2. The number of rotatable bonds is 3. The fourth-order valence-electron chi connectivity index (χ4n) is 1.88. The summed E-state index contributed by atoms with van der Waals surface area (Å²) in [4.78, 5) is 12.1. The second kappa shape index (κ2) is 4.85. The average molecular weight is 238 g/mol. The van der Waals surface area contributed by atoms with Gasteiger partial charge in [-0.05, 0) is 19.8 Å². The van der Waals surface area contributed by atoms with Gasteiger partial charge in [-0.3, -0.25) is 9.89 Å². The summed E-state index contributed by atoms with van der Waals surface area (Å²) in [5.74, 6) is -0.116. The van der Waals surface area contributed by atoms with Crippen LogP contribution in [0, 0.1) is 0 Å². The molecule has 0 aromatic carbocycles.